The van der Waals surface area contributed by atoms with Crippen LogP contribution in [0.2, 0.25) is 0 Å². The molecule has 0 unspecified atom stereocenters. The molecule has 1 aliphatic rings. The highest BCUT2D eigenvalue weighted by Crippen LogP contribution is 2.35. The summed E-state index contributed by atoms with van der Waals surface area (Å²) in [7, 11) is 0. The van der Waals surface area contributed by atoms with E-state index in [9.17, 15) is 23.1 Å². The number of alkyl halides is 3. The van der Waals surface area contributed by atoms with E-state index in [4.69, 9.17) is 0 Å². The summed E-state index contributed by atoms with van der Waals surface area (Å²) in [6.07, 6.45) is -2.70. The van der Waals surface area contributed by atoms with Gasteiger partial charge >= 0.3 is 6.36 Å². The van der Waals surface area contributed by atoms with Crippen LogP contribution in [0.4, 0.5) is 13.2 Å². The molecule has 3 nitrogen and oxygen atoms in total. The molecular formula is C15H17F3O3. The zero-order valence-electron chi connectivity index (χ0n) is 11.6. The highest BCUT2D eigenvalue weighted by Gasteiger charge is 2.39. The molecule has 1 aromatic carbocycles. The van der Waals surface area contributed by atoms with E-state index in [-0.39, 0.29) is 5.56 Å². The second kappa shape index (κ2) is 5.67. The van der Waals surface area contributed by atoms with E-state index in [1.165, 1.54) is 12.1 Å². The van der Waals surface area contributed by atoms with Gasteiger partial charge in [-0.15, -0.1) is 13.2 Å². The van der Waals surface area contributed by atoms with E-state index in [1.54, 1.807) is 0 Å². The maximum atomic E-state index is 12.4. The summed E-state index contributed by atoms with van der Waals surface area (Å²) < 4.78 is 40.4. The van der Waals surface area contributed by atoms with Crippen molar-refractivity contribution in [2.75, 3.05) is 0 Å². The summed E-state index contributed by atoms with van der Waals surface area (Å²) in [4.78, 5) is 12.4. The van der Waals surface area contributed by atoms with Gasteiger partial charge in [-0.2, -0.15) is 0 Å². The van der Waals surface area contributed by atoms with Crippen molar-refractivity contribution in [3.05, 3.63) is 29.8 Å². The highest BCUT2D eigenvalue weighted by atomic mass is 19.4. The van der Waals surface area contributed by atoms with E-state index in [2.05, 4.69) is 4.74 Å². The van der Waals surface area contributed by atoms with E-state index >= 15 is 0 Å². The lowest BCUT2D eigenvalue weighted by molar-refractivity contribution is -0.274. The van der Waals surface area contributed by atoms with Crippen LogP contribution in [0.1, 0.15) is 43.0 Å². The Hall–Kier alpha value is -1.56. The minimum absolute atomic E-state index is 0.0359. The van der Waals surface area contributed by atoms with E-state index in [0.717, 1.165) is 25.0 Å². The minimum atomic E-state index is -4.81. The molecule has 21 heavy (non-hydrogen) atoms. The average molecular weight is 302 g/mol. The number of rotatable bonds is 3. The third kappa shape index (κ3) is 3.97. The number of aliphatic hydroxyl groups is 1. The Kier molecular flexibility index (Phi) is 4.27. The quantitative estimate of drug-likeness (QED) is 0.866. The molecule has 1 saturated carbocycles. The summed E-state index contributed by atoms with van der Waals surface area (Å²) >= 11 is 0. The highest BCUT2D eigenvalue weighted by molar-refractivity contribution is 6.02. The van der Waals surface area contributed by atoms with E-state index in [1.807, 2.05) is 6.92 Å². The van der Waals surface area contributed by atoms with Crippen LogP contribution in [-0.4, -0.2) is 22.9 Å². The summed E-state index contributed by atoms with van der Waals surface area (Å²) in [5.74, 6) is -0.555. The van der Waals surface area contributed by atoms with E-state index < -0.39 is 23.5 Å². The van der Waals surface area contributed by atoms with Crippen LogP contribution in [0.5, 0.6) is 5.75 Å². The molecule has 0 spiro atoms. The van der Waals surface area contributed by atoms with Crippen LogP contribution in [-0.2, 0) is 0 Å². The van der Waals surface area contributed by atoms with Gasteiger partial charge in [-0.3, -0.25) is 4.79 Å². The first kappa shape index (κ1) is 15.8. The Morgan fingerprint density at radius 1 is 1.33 bits per heavy atom. The van der Waals surface area contributed by atoms with Gasteiger partial charge in [0.2, 0.25) is 0 Å². The van der Waals surface area contributed by atoms with Crippen molar-refractivity contribution >= 4 is 5.78 Å². The molecule has 1 aliphatic carbocycles. The number of benzene rings is 1. The van der Waals surface area contributed by atoms with Crippen molar-refractivity contribution in [3.63, 3.8) is 0 Å². The van der Waals surface area contributed by atoms with Crippen molar-refractivity contribution in [2.24, 2.45) is 5.92 Å². The molecular weight excluding hydrogens is 285 g/mol. The van der Waals surface area contributed by atoms with Gasteiger partial charge in [-0.25, -0.2) is 0 Å². The Morgan fingerprint density at radius 3 is 2.52 bits per heavy atom. The van der Waals surface area contributed by atoms with Gasteiger partial charge in [0.15, 0.2) is 5.78 Å². The number of carbonyl (C=O) groups is 1. The van der Waals surface area contributed by atoms with Crippen molar-refractivity contribution < 1.29 is 27.8 Å². The lowest BCUT2D eigenvalue weighted by Gasteiger charge is -2.33. The molecule has 1 N–H and O–H groups in total. The number of halogens is 3. The molecule has 0 aromatic heterocycles. The van der Waals surface area contributed by atoms with Crippen LogP contribution >= 0.6 is 0 Å². The number of ketones is 1. The Bertz CT molecular complexity index is 517. The lowest BCUT2D eigenvalue weighted by Crippen LogP contribution is -2.41. The normalized spacial score (nSPS) is 26.4. The first-order valence-electron chi connectivity index (χ1n) is 6.83. The molecule has 0 saturated heterocycles. The zero-order valence-corrected chi connectivity index (χ0v) is 11.6. The van der Waals surface area contributed by atoms with Crippen LogP contribution in [0.25, 0.3) is 0 Å². The molecule has 1 fully saturated rings. The second-order valence-electron chi connectivity index (χ2n) is 5.62. The maximum absolute atomic E-state index is 12.4. The summed E-state index contributed by atoms with van der Waals surface area (Å²) in [5.41, 5.74) is -1.45. The number of carbonyl (C=O) groups excluding carboxylic acids is 1. The van der Waals surface area contributed by atoms with Gasteiger partial charge < -0.3 is 9.84 Å². The topological polar surface area (TPSA) is 46.5 Å². The van der Waals surface area contributed by atoms with Crippen LogP contribution in [0, 0.1) is 5.92 Å². The monoisotopic (exact) mass is 302 g/mol. The van der Waals surface area contributed by atoms with Crippen LogP contribution in [0.3, 0.4) is 0 Å². The fourth-order valence-electron chi connectivity index (χ4n) is 2.57. The first-order valence-corrected chi connectivity index (χ1v) is 6.83. The molecule has 0 aliphatic heterocycles. The summed E-state index contributed by atoms with van der Waals surface area (Å²) in [6.45, 7) is 2.04. The number of hydrogen-bond acceptors (Lipinski definition) is 3. The fourth-order valence-corrected chi connectivity index (χ4v) is 2.57. The molecule has 0 heterocycles. The molecule has 6 heteroatoms. The largest absolute Gasteiger partial charge is 0.573 e. The summed E-state index contributed by atoms with van der Waals surface area (Å²) in [6, 6.07) is 4.84. The van der Waals surface area contributed by atoms with Crippen molar-refractivity contribution in [1.82, 2.24) is 0 Å². The van der Waals surface area contributed by atoms with Crippen LogP contribution < -0.4 is 4.74 Å². The van der Waals surface area contributed by atoms with Crippen molar-refractivity contribution in [3.8, 4) is 5.75 Å². The molecule has 116 valence electrons. The molecule has 1 aromatic rings. The number of Topliss-reactive ketones (excluding diaryl/α,β-unsaturated/α-hetero) is 1. The van der Waals surface area contributed by atoms with Gasteiger partial charge in [-0.1, -0.05) is 19.1 Å². The average Bonchev–Trinajstić information content (AvgIpc) is 2.40. The molecule has 0 bridgehead atoms. The minimum Gasteiger partial charge on any atom is -0.406 e. The number of ether oxygens (including phenoxy) is 1. The van der Waals surface area contributed by atoms with Crippen LogP contribution in [0.15, 0.2) is 24.3 Å². The SMILES string of the molecule is CC1CCC(O)(C(=O)c2cccc(OC(F)(F)F)c2)CC1. The molecule has 0 radical (unpaired) electrons. The molecule has 0 atom stereocenters. The first-order chi connectivity index (χ1) is 9.70. The smallest absolute Gasteiger partial charge is 0.406 e. The van der Waals surface area contributed by atoms with Gasteiger partial charge in [0, 0.05) is 5.56 Å². The Balaban J connectivity index is 2.18. The third-order valence-corrected chi connectivity index (χ3v) is 3.85. The van der Waals surface area contributed by atoms with E-state index in [0.29, 0.717) is 18.8 Å². The fraction of sp³-hybridized carbons (Fsp3) is 0.533. The second-order valence-corrected chi connectivity index (χ2v) is 5.62. The van der Waals surface area contributed by atoms with Gasteiger partial charge in [-0.05, 0) is 43.7 Å². The molecule has 0 amide bonds. The van der Waals surface area contributed by atoms with Crippen molar-refractivity contribution in [2.45, 2.75) is 44.6 Å². The predicted molar refractivity (Wildman–Crippen MR) is 70.0 cm³/mol. The molecule has 2 rings (SSSR count). The Morgan fingerprint density at radius 2 is 1.95 bits per heavy atom. The lowest BCUT2D eigenvalue weighted by atomic mass is 9.76. The maximum Gasteiger partial charge on any atom is 0.573 e. The Labute approximate surface area is 120 Å². The van der Waals surface area contributed by atoms with Gasteiger partial charge in [0.25, 0.3) is 0 Å². The van der Waals surface area contributed by atoms with Gasteiger partial charge in [0.1, 0.15) is 11.4 Å². The zero-order chi connectivity index (χ0) is 15.7. The third-order valence-electron chi connectivity index (χ3n) is 3.85. The standard InChI is InChI=1S/C15H17F3O3/c1-10-5-7-14(20,8-6-10)13(19)11-3-2-4-12(9-11)21-15(16,17)18/h2-4,9-10,20H,5-8H2,1H3. The van der Waals surface area contributed by atoms with Gasteiger partial charge in [0.05, 0.1) is 0 Å². The summed E-state index contributed by atoms with van der Waals surface area (Å²) in [5, 5.41) is 10.4. The van der Waals surface area contributed by atoms with Crippen molar-refractivity contribution in [1.29, 1.82) is 0 Å². The predicted octanol–water partition coefficient (Wildman–Crippen LogP) is 3.71. The number of hydrogen-bond donors (Lipinski definition) is 1.